The molecule has 4 rings (SSSR count). The van der Waals surface area contributed by atoms with Crippen molar-refractivity contribution in [3.05, 3.63) is 57.0 Å². The van der Waals surface area contributed by atoms with Crippen LogP contribution in [0.5, 0.6) is 0 Å². The number of hydrogen-bond acceptors (Lipinski definition) is 2. The lowest BCUT2D eigenvalue weighted by Crippen LogP contribution is -2.41. The van der Waals surface area contributed by atoms with Crippen LogP contribution in [0, 0.1) is 5.92 Å². The van der Waals surface area contributed by atoms with Crippen molar-refractivity contribution < 1.29 is 0 Å². The molecule has 0 saturated heterocycles. The number of allylic oxidation sites excluding steroid dienone is 2. The van der Waals surface area contributed by atoms with E-state index in [0.717, 1.165) is 31.4 Å². The SMILES string of the molecule is C/C=C1\C2C=C(C)CC1(N=C1CCCCC1)c1ccc(=O)[nH]c1C2. The van der Waals surface area contributed by atoms with Crippen LogP contribution < -0.4 is 5.56 Å². The summed E-state index contributed by atoms with van der Waals surface area (Å²) in [6.07, 6.45) is 12.6. The van der Waals surface area contributed by atoms with Crippen LogP contribution in [0.15, 0.2) is 45.2 Å². The highest BCUT2D eigenvalue weighted by Gasteiger charge is 2.46. The molecule has 1 fully saturated rings. The Morgan fingerprint density at radius 3 is 2.79 bits per heavy atom. The molecule has 3 heteroatoms. The van der Waals surface area contributed by atoms with Gasteiger partial charge in [0.2, 0.25) is 5.56 Å². The molecule has 1 N–H and O–H groups in total. The number of fused-ring (bicyclic) bond motifs is 4. The summed E-state index contributed by atoms with van der Waals surface area (Å²) in [7, 11) is 0. The number of nitrogens with zero attached hydrogens (tertiary/aromatic N) is 1. The molecule has 2 atom stereocenters. The molecule has 3 aliphatic rings. The van der Waals surface area contributed by atoms with Crippen LogP contribution in [-0.4, -0.2) is 10.7 Å². The maximum atomic E-state index is 11.8. The summed E-state index contributed by atoms with van der Waals surface area (Å²) >= 11 is 0. The van der Waals surface area contributed by atoms with Gasteiger partial charge in [-0.05, 0) is 57.6 Å². The third-order valence-corrected chi connectivity index (χ3v) is 5.86. The first kappa shape index (κ1) is 15.6. The normalized spacial score (nSPS) is 30.8. The molecule has 1 heterocycles. The van der Waals surface area contributed by atoms with E-state index in [1.165, 1.54) is 41.7 Å². The van der Waals surface area contributed by atoms with Gasteiger partial charge in [0.1, 0.15) is 5.54 Å². The lowest BCUT2D eigenvalue weighted by atomic mass is 9.63. The summed E-state index contributed by atoms with van der Waals surface area (Å²) in [6, 6.07) is 3.70. The molecule has 0 aromatic carbocycles. The summed E-state index contributed by atoms with van der Waals surface area (Å²) in [6.45, 7) is 4.37. The fourth-order valence-corrected chi connectivity index (χ4v) is 4.97. The molecule has 0 radical (unpaired) electrons. The van der Waals surface area contributed by atoms with Gasteiger partial charge in [0.25, 0.3) is 0 Å². The zero-order chi connectivity index (χ0) is 16.7. The Hall–Kier alpha value is -1.90. The predicted octanol–water partition coefficient (Wildman–Crippen LogP) is 4.44. The molecule has 2 bridgehead atoms. The number of aromatic nitrogens is 1. The van der Waals surface area contributed by atoms with Crippen molar-refractivity contribution in [3.8, 4) is 0 Å². The van der Waals surface area contributed by atoms with E-state index in [0.29, 0.717) is 5.92 Å². The number of H-pyrrole nitrogens is 1. The Bertz CT molecular complexity index is 803. The van der Waals surface area contributed by atoms with Crippen LogP contribution >= 0.6 is 0 Å². The minimum Gasteiger partial charge on any atom is -0.326 e. The standard InChI is InChI=1S/C21H26N2O/c1-3-17-15-11-14(2)13-21(17,23-16-7-5-4-6-8-16)18-9-10-20(24)22-19(18)12-15/h3,9-11,15H,4-8,12-13H2,1-2H3,(H,22,24)/b17-3+. The number of hydrogen-bond donors (Lipinski definition) is 1. The van der Waals surface area contributed by atoms with Gasteiger partial charge in [-0.2, -0.15) is 0 Å². The number of aliphatic imine (C=N–C) groups is 1. The highest BCUT2D eigenvalue weighted by Crippen LogP contribution is 2.52. The second-order valence-electron chi connectivity index (χ2n) is 7.56. The van der Waals surface area contributed by atoms with E-state index in [9.17, 15) is 4.79 Å². The number of aromatic amines is 1. The average molecular weight is 322 g/mol. The summed E-state index contributed by atoms with van der Waals surface area (Å²) < 4.78 is 0. The van der Waals surface area contributed by atoms with Gasteiger partial charge >= 0.3 is 0 Å². The molecular formula is C21H26N2O. The van der Waals surface area contributed by atoms with Crippen molar-refractivity contribution in [2.24, 2.45) is 10.9 Å². The van der Waals surface area contributed by atoms with E-state index in [1.807, 2.05) is 6.07 Å². The van der Waals surface area contributed by atoms with Crippen LogP contribution in [0.3, 0.4) is 0 Å². The highest BCUT2D eigenvalue weighted by atomic mass is 16.1. The van der Waals surface area contributed by atoms with E-state index in [2.05, 4.69) is 31.0 Å². The average Bonchev–Trinajstić information content (AvgIpc) is 2.54. The first-order valence-corrected chi connectivity index (χ1v) is 9.26. The number of nitrogens with one attached hydrogen (secondary N) is 1. The Balaban J connectivity index is 1.95. The van der Waals surface area contributed by atoms with Crippen LogP contribution in [-0.2, 0) is 12.0 Å². The monoisotopic (exact) mass is 322 g/mol. The second-order valence-corrected chi connectivity index (χ2v) is 7.56. The Morgan fingerprint density at radius 2 is 2.04 bits per heavy atom. The van der Waals surface area contributed by atoms with Crippen molar-refractivity contribution in [3.63, 3.8) is 0 Å². The smallest absolute Gasteiger partial charge is 0.248 e. The maximum Gasteiger partial charge on any atom is 0.248 e. The Morgan fingerprint density at radius 1 is 1.25 bits per heavy atom. The van der Waals surface area contributed by atoms with Gasteiger partial charge in [0.05, 0.1) is 0 Å². The summed E-state index contributed by atoms with van der Waals surface area (Å²) in [4.78, 5) is 20.4. The molecule has 3 aliphatic carbocycles. The lowest BCUT2D eigenvalue weighted by Gasteiger charge is -2.45. The van der Waals surface area contributed by atoms with Crippen LogP contribution in [0.2, 0.25) is 0 Å². The molecule has 2 unspecified atom stereocenters. The van der Waals surface area contributed by atoms with Crippen LogP contribution in [0.4, 0.5) is 0 Å². The van der Waals surface area contributed by atoms with Gasteiger partial charge in [-0.25, -0.2) is 0 Å². The summed E-state index contributed by atoms with van der Waals surface area (Å²) in [5, 5.41) is 0. The van der Waals surface area contributed by atoms with E-state index in [-0.39, 0.29) is 11.1 Å². The third-order valence-electron chi connectivity index (χ3n) is 5.86. The zero-order valence-corrected chi connectivity index (χ0v) is 14.7. The van der Waals surface area contributed by atoms with E-state index >= 15 is 0 Å². The first-order chi connectivity index (χ1) is 11.6. The fraction of sp³-hybridized carbons (Fsp3) is 0.524. The van der Waals surface area contributed by atoms with E-state index < -0.39 is 0 Å². The summed E-state index contributed by atoms with van der Waals surface area (Å²) in [5.74, 6) is 0.363. The zero-order valence-electron chi connectivity index (χ0n) is 14.7. The Kier molecular flexibility index (Phi) is 3.82. The van der Waals surface area contributed by atoms with E-state index in [1.54, 1.807) is 6.07 Å². The molecule has 1 aromatic rings. The Labute approximate surface area is 143 Å². The van der Waals surface area contributed by atoms with Crippen molar-refractivity contribution in [2.45, 2.75) is 64.3 Å². The van der Waals surface area contributed by atoms with Gasteiger partial charge < -0.3 is 4.98 Å². The lowest BCUT2D eigenvalue weighted by molar-refractivity contribution is 0.409. The van der Waals surface area contributed by atoms with Gasteiger partial charge in [-0.3, -0.25) is 9.79 Å². The van der Waals surface area contributed by atoms with Crippen molar-refractivity contribution >= 4 is 5.71 Å². The molecular weight excluding hydrogens is 296 g/mol. The molecule has 0 spiro atoms. The number of pyridine rings is 1. The quantitative estimate of drug-likeness (QED) is 0.763. The molecule has 0 amide bonds. The fourth-order valence-electron chi connectivity index (χ4n) is 4.97. The molecule has 1 saturated carbocycles. The van der Waals surface area contributed by atoms with Crippen molar-refractivity contribution in [2.75, 3.05) is 0 Å². The van der Waals surface area contributed by atoms with Crippen molar-refractivity contribution in [1.82, 2.24) is 4.98 Å². The van der Waals surface area contributed by atoms with Gasteiger partial charge in [0, 0.05) is 35.4 Å². The minimum atomic E-state index is -0.289. The highest BCUT2D eigenvalue weighted by molar-refractivity contribution is 5.86. The molecule has 126 valence electrons. The molecule has 24 heavy (non-hydrogen) atoms. The molecule has 3 nitrogen and oxygen atoms in total. The summed E-state index contributed by atoms with van der Waals surface area (Å²) in [5.41, 5.74) is 6.22. The first-order valence-electron chi connectivity index (χ1n) is 9.26. The second kappa shape index (κ2) is 5.87. The third kappa shape index (κ3) is 2.42. The minimum absolute atomic E-state index is 0.00285. The van der Waals surface area contributed by atoms with Crippen LogP contribution in [0.25, 0.3) is 0 Å². The van der Waals surface area contributed by atoms with Crippen LogP contribution in [0.1, 0.15) is 63.6 Å². The number of rotatable bonds is 1. The molecule has 1 aromatic heterocycles. The van der Waals surface area contributed by atoms with Gasteiger partial charge in [-0.15, -0.1) is 0 Å². The largest absolute Gasteiger partial charge is 0.326 e. The van der Waals surface area contributed by atoms with E-state index in [4.69, 9.17) is 4.99 Å². The predicted molar refractivity (Wildman–Crippen MR) is 98.6 cm³/mol. The van der Waals surface area contributed by atoms with Gasteiger partial charge in [0.15, 0.2) is 0 Å². The molecule has 0 aliphatic heterocycles. The topological polar surface area (TPSA) is 45.2 Å². The van der Waals surface area contributed by atoms with Crippen molar-refractivity contribution in [1.29, 1.82) is 0 Å². The maximum absolute atomic E-state index is 11.8. The van der Waals surface area contributed by atoms with Gasteiger partial charge in [-0.1, -0.05) is 24.1 Å².